The third kappa shape index (κ3) is 4.35. The van der Waals surface area contributed by atoms with E-state index in [4.69, 9.17) is 4.42 Å². The van der Waals surface area contributed by atoms with E-state index >= 15 is 0 Å². The Hall–Kier alpha value is -3.66. The number of anilines is 1. The van der Waals surface area contributed by atoms with Crippen LogP contribution in [0.3, 0.4) is 0 Å². The third-order valence-electron chi connectivity index (χ3n) is 3.78. The maximum absolute atomic E-state index is 12.6. The Morgan fingerprint density at radius 3 is 2.39 bits per heavy atom. The molecule has 144 valence electrons. The molecule has 1 heterocycles. The van der Waals surface area contributed by atoms with E-state index < -0.39 is 20.9 Å². The molecule has 3 rings (SSSR count). The molecular weight excluding hydrogens is 386 g/mol. The van der Waals surface area contributed by atoms with Gasteiger partial charge in [-0.25, -0.2) is 8.42 Å². The quantitative estimate of drug-likeness (QED) is 0.462. The Labute approximate surface area is 160 Å². The lowest BCUT2D eigenvalue weighted by molar-refractivity contribution is -0.384. The average molecular weight is 401 g/mol. The first-order valence-corrected chi connectivity index (χ1v) is 9.52. The Bertz CT molecular complexity index is 1090. The maximum Gasteiger partial charge on any atom is 0.269 e. The van der Waals surface area contributed by atoms with Crippen LogP contribution < -0.4 is 10.0 Å². The molecule has 2 N–H and O–H groups in total. The van der Waals surface area contributed by atoms with Crippen LogP contribution in [0.25, 0.3) is 0 Å². The van der Waals surface area contributed by atoms with Crippen LogP contribution in [-0.4, -0.2) is 19.2 Å². The summed E-state index contributed by atoms with van der Waals surface area (Å²) in [6, 6.07) is 13.9. The van der Waals surface area contributed by atoms with Gasteiger partial charge in [-0.1, -0.05) is 12.1 Å². The summed E-state index contributed by atoms with van der Waals surface area (Å²) < 4.78 is 32.6. The predicted octanol–water partition coefficient (Wildman–Crippen LogP) is 2.92. The van der Waals surface area contributed by atoms with Crippen LogP contribution in [0.5, 0.6) is 0 Å². The number of hydrogen-bond donors (Lipinski definition) is 2. The first-order chi connectivity index (χ1) is 13.4. The predicted molar refractivity (Wildman–Crippen MR) is 100 cm³/mol. The maximum atomic E-state index is 12.6. The summed E-state index contributed by atoms with van der Waals surface area (Å²) >= 11 is 0. The molecule has 1 aromatic heterocycles. The molecule has 0 saturated carbocycles. The van der Waals surface area contributed by atoms with Crippen molar-refractivity contribution in [2.24, 2.45) is 0 Å². The zero-order chi connectivity index (χ0) is 20.1. The van der Waals surface area contributed by atoms with Gasteiger partial charge >= 0.3 is 0 Å². The van der Waals surface area contributed by atoms with Crippen molar-refractivity contribution < 1.29 is 22.6 Å². The van der Waals surface area contributed by atoms with Gasteiger partial charge in [0.15, 0.2) is 0 Å². The first-order valence-electron chi connectivity index (χ1n) is 8.04. The summed E-state index contributed by atoms with van der Waals surface area (Å²) in [6.45, 7) is 0.148. The highest BCUT2D eigenvalue weighted by atomic mass is 32.2. The van der Waals surface area contributed by atoms with E-state index in [1.165, 1.54) is 18.4 Å². The van der Waals surface area contributed by atoms with E-state index in [0.29, 0.717) is 5.76 Å². The number of carbonyl (C=O) groups excluding carboxylic acids is 1. The highest BCUT2D eigenvalue weighted by Crippen LogP contribution is 2.22. The van der Waals surface area contributed by atoms with E-state index in [-0.39, 0.29) is 28.4 Å². The number of rotatable bonds is 7. The van der Waals surface area contributed by atoms with Gasteiger partial charge in [0.1, 0.15) is 5.76 Å². The second-order valence-electron chi connectivity index (χ2n) is 5.66. The summed E-state index contributed by atoms with van der Waals surface area (Å²) in [5.74, 6) is 0.0655. The van der Waals surface area contributed by atoms with Gasteiger partial charge in [0.25, 0.3) is 21.6 Å². The van der Waals surface area contributed by atoms with Crippen LogP contribution in [0.2, 0.25) is 0 Å². The van der Waals surface area contributed by atoms with Gasteiger partial charge in [-0.2, -0.15) is 0 Å². The second-order valence-corrected chi connectivity index (χ2v) is 7.35. The van der Waals surface area contributed by atoms with Crippen molar-refractivity contribution in [3.63, 3.8) is 0 Å². The molecule has 9 nitrogen and oxygen atoms in total. The monoisotopic (exact) mass is 401 g/mol. The average Bonchev–Trinajstić information content (AvgIpc) is 3.20. The Kier molecular flexibility index (Phi) is 5.41. The number of nitro benzene ring substituents is 1. The number of carbonyl (C=O) groups is 1. The van der Waals surface area contributed by atoms with Gasteiger partial charge in [0.2, 0.25) is 0 Å². The molecule has 0 spiro atoms. The van der Waals surface area contributed by atoms with Crippen LogP contribution >= 0.6 is 0 Å². The number of benzene rings is 2. The van der Waals surface area contributed by atoms with Crippen LogP contribution in [0, 0.1) is 10.1 Å². The molecule has 0 radical (unpaired) electrons. The van der Waals surface area contributed by atoms with Crippen LogP contribution in [-0.2, 0) is 16.6 Å². The largest absolute Gasteiger partial charge is 0.467 e. The number of para-hydroxylation sites is 1. The lowest BCUT2D eigenvalue weighted by Crippen LogP contribution is -2.24. The van der Waals surface area contributed by atoms with Gasteiger partial charge in [-0.05, 0) is 36.4 Å². The number of amides is 1. The summed E-state index contributed by atoms with van der Waals surface area (Å²) in [7, 11) is -4.04. The smallest absolute Gasteiger partial charge is 0.269 e. The number of nitrogens with zero attached hydrogens (tertiary/aromatic N) is 1. The van der Waals surface area contributed by atoms with Gasteiger partial charge in [0, 0.05) is 12.1 Å². The fourth-order valence-corrected chi connectivity index (χ4v) is 3.48. The number of non-ortho nitro benzene ring substituents is 1. The first kappa shape index (κ1) is 19.1. The van der Waals surface area contributed by atoms with Crippen LogP contribution in [0.4, 0.5) is 11.4 Å². The van der Waals surface area contributed by atoms with Crippen molar-refractivity contribution in [3.8, 4) is 0 Å². The second kappa shape index (κ2) is 7.92. The van der Waals surface area contributed by atoms with E-state index in [1.54, 1.807) is 24.3 Å². The number of hydrogen-bond acceptors (Lipinski definition) is 6. The van der Waals surface area contributed by atoms with Gasteiger partial charge in [-0.3, -0.25) is 19.6 Å². The molecule has 0 fully saturated rings. The van der Waals surface area contributed by atoms with Gasteiger partial charge in [-0.15, -0.1) is 0 Å². The molecular formula is C18H15N3O6S. The highest BCUT2D eigenvalue weighted by molar-refractivity contribution is 7.92. The number of sulfonamides is 1. The molecule has 28 heavy (non-hydrogen) atoms. The Morgan fingerprint density at radius 1 is 1.04 bits per heavy atom. The SMILES string of the molecule is O=C(NCc1ccco1)c1ccccc1NS(=O)(=O)c1ccc([N+](=O)[O-])cc1. The molecule has 0 aliphatic heterocycles. The summed E-state index contributed by atoms with van der Waals surface area (Å²) in [5.41, 5.74) is -0.0194. The summed E-state index contributed by atoms with van der Waals surface area (Å²) in [4.78, 5) is 22.4. The molecule has 0 unspecified atom stereocenters. The van der Waals surface area contributed by atoms with E-state index in [1.807, 2.05) is 0 Å². The zero-order valence-electron chi connectivity index (χ0n) is 14.4. The van der Waals surface area contributed by atoms with Crippen LogP contribution in [0.15, 0.2) is 76.2 Å². The Morgan fingerprint density at radius 2 is 1.75 bits per heavy atom. The van der Waals surface area contributed by atoms with Crippen molar-refractivity contribution >= 4 is 27.3 Å². The van der Waals surface area contributed by atoms with E-state index in [2.05, 4.69) is 10.0 Å². The molecule has 1 amide bonds. The molecule has 0 bridgehead atoms. The van der Waals surface area contributed by atoms with Gasteiger partial charge in [0.05, 0.1) is 33.9 Å². The van der Waals surface area contributed by atoms with Crippen LogP contribution in [0.1, 0.15) is 16.1 Å². The molecule has 0 atom stereocenters. The third-order valence-corrected chi connectivity index (χ3v) is 5.16. The molecule has 0 aliphatic carbocycles. The topological polar surface area (TPSA) is 132 Å². The normalized spacial score (nSPS) is 11.0. The zero-order valence-corrected chi connectivity index (χ0v) is 15.2. The fourth-order valence-electron chi connectivity index (χ4n) is 2.40. The molecule has 3 aromatic rings. The standard InChI is InChI=1S/C18H15N3O6S/c22-18(19-12-14-4-3-11-27-14)16-5-1-2-6-17(16)20-28(25,26)15-9-7-13(8-10-15)21(23)24/h1-11,20H,12H2,(H,19,22). The van der Waals surface area contributed by atoms with Gasteiger partial charge < -0.3 is 9.73 Å². The number of nitrogens with one attached hydrogen (secondary N) is 2. The fraction of sp³-hybridized carbons (Fsp3) is 0.0556. The highest BCUT2D eigenvalue weighted by Gasteiger charge is 2.19. The minimum atomic E-state index is -4.04. The minimum Gasteiger partial charge on any atom is -0.467 e. The van der Waals surface area contributed by atoms with E-state index in [0.717, 1.165) is 24.3 Å². The minimum absolute atomic E-state index is 0.0813. The van der Waals surface area contributed by atoms with Crippen molar-refractivity contribution in [1.29, 1.82) is 0 Å². The molecule has 2 aromatic carbocycles. The Balaban J connectivity index is 1.80. The lowest BCUT2D eigenvalue weighted by atomic mass is 10.1. The van der Waals surface area contributed by atoms with Crippen molar-refractivity contribution in [2.45, 2.75) is 11.4 Å². The molecule has 10 heteroatoms. The summed E-state index contributed by atoms with van der Waals surface area (Å²) in [6.07, 6.45) is 1.48. The number of furan rings is 1. The molecule has 0 aliphatic rings. The number of nitro groups is 1. The van der Waals surface area contributed by atoms with Crippen molar-refractivity contribution in [2.75, 3.05) is 4.72 Å². The van der Waals surface area contributed by atoms with E-state index in [9.17, 15) is 23.3 Å². The van der Waals surface area contributed by atoms with Crippen molar-refractivity contribution in [1.82, 2.24) is 5.32 Å². The lowest BCUT2D eigenvalue weighted by Gasteiger charge is -2.12. The van der Waals surface area contributed by atoms with Crippen molar-refractivity contribution in [3.05, 3.63) is 88.4 Å². The summed E-state index contributed by atoms with van der Waals surface area (Å²) in [5, 5.41) is 13.4. The molecule has 0 saturated heterocycles.